The predicted molar refractivity (Wildman–Crippen MR) is 120 cm³/mol. The number of carbonyl (C=O) groups is 2. The normalized spacial score (nSPS) is 17.3. The molecule has 0 radical (unpaired) electrons. The van der Waals surface area contributed by atoms with Crippen molar-refractivity contribution in [3.05, 3.63) is 58.6 Å². The molecule has 1 saturated heterocycles. The van der Waals surface area contributed by atoms with Gasteiger partial charge in [0.25, 0.3) is 5.91 Å². The van der Waals surface area contributed by atoms with E-state index in [1.807, 2.05) is 27.3 Å². The summed E-state index contributed by atoms with van der Waals surface area (Å²) in [6.07, 6.45) is 4.47. The van der Waals surface area contributed by atoms with Crippen LogP contribution in [-0.2, 0) is 17.8 Å². The minimum atomic E-state index is 0.0971. The van der Waals surface area contributed by atoms with Crippen molar-refractivity contribution in [1.29, 1.82) is 0 Å². The number of aromatic amines is 1. The first-order valence-corrected chi connectivity index (χ1v) is 11.8. The van der Waals surface area contributed by atoms with Gasteiger partial charge in [-0.2, -0.15) is 0 Å². The van der Waals surface area contributed by atoms with Gasteiger partial charge in [0.2, 0.25) is 5.91 Å². The van der Waals surface area contributed by atoms with Crippen LogP contribution in [0.5, 0.6) is 0 Å². The van der Waals surface area contributed by atoms with Crippen molar-refractivity contribution in [3.8, 4) is 0 Å². The van der Waals surface area contributed by atoms with Gasteiger partial charge in [-0.05, 0) is 60.2 Å². The number of nitrogens with zero attached hydrogens (tertiary/aromatic N) is 2. The number of nitrogens with one attached hydrogen (secondary N) is 1. The molecular weight excluding hydrogens is 394 g/mol. The minimum absolute atomic E-state index is 0.0971. The molecule has 3 aromatic rings. The summed E-state index contributed by atoms with van der Waals surface area (Å²) in [6.45, 7) is 3.13. The van der Waals surface area contributed by atoms with E-state index in [1.165, 1.54) is 11.1 Å². The van der Waals surface area contributed by atoms with Gasteiger partial charge in [0.1, 0.15) is 5.69 Å². The van der Waals surface area contributed by atoms with Crippen LogP contribution in [0.25, 0.3) is 10.2 Å². The Labute approximate surface area is 180 Å². The summed E-state index contributed by atoms with van der Waals surface area (Å²) in [7, 11) is 0. The van der Waals surface area contributed by atoms with Crippen molar-refractivity contribution in [3.63, 3.8) is 0 Å². The van der Waals surface area contributed by atoms with Gasteiger partial charge in [-0.15, -0.1) is 11.3 Å². The second-order valence-electron chi connectivity index (χ2n) is 8.49. The molecule has 30 heavy (non-hydrogen) atoms. The lowest BCUT2D eigenvalue weighted by Gasteiger charge is -2.33. The number of likely N-dealkylation sites (tertiary alicyclic amines) is 1. The standard InChI is InChI=1S/C24H27N3O2S/c28-23(27-13-9-18-3-1-2-4-19(18)16-27)6-5-17-7-11-26(12-8-17)24(29)21-15-22-20(25-21)10-14-30-22/h1-4,10,14-15,17,25H,5-9,11-13,16H2. The number of piperidine rings is 1. The number of thiophene rings is 1. The van der Waals surface area contributed by atoms with E-state index in [0.29, 0.717) is 18.0 Å². The van der Waals surface area contributed by atoms with Gasteiger partial charge in [0.05, 0.1) is 10.2 Å². The Bertz CT molecular complexity index is 1030. The summed E-state index contributed by atoms with van der Waals surface area (Å²) in [5.74, 6) is 0.900. The number of rotatable bonds is 4. The van der Waals surface area contributed by atoms with Crippen LogP contribution >= 0.6 is 11.3 Å². The fourth-order valence-electron chi connectivity index (χ4n) is 4.75. The number of H-pyrrole nitrogens is 1. The molecule has 1 fully saturated rings. The molecule has 0 bridgehead atoms. The highest BCUT2D eigenvalue weighted by Crippen LogP contribution is 2.26. The number of fused-ring (bicyclic) bond motifs is 2. The molecule has 5 rings (SSSR count). The predicted octanol–water partition coefficient (Wildman–Crippen LogP) is 4.45. The first kappa shape index (κ1) is 19.4. The Morgan fingerprint density at radius 3 is 2.63 bits per heavy atom. The molecule has 2 aliphatic heterocycles. The molecule has 1 aromatic carbocycles. The largest absolute Gasteiger partial charge is 0.350 e. The van der Waals surface area contributed by atoms with Crippen LogP contribution < -0.4 is 0 Å². The van der Waals surface area contributed by atoms with E-state index in [0.717, 1.165) is 62.1 Å². The molecule has 1 N–H and O–H groups in total. The molecule has 2 amide bonds. The van der Waals surface area contributed by atoms with E-state index in [4.69, 9.17) is 0 Å². The van der Waals surface area contributed by atoms with Crippen LogP contribution in [0.1, 0.15) is 47.3 Å². The zero-order chi connectivity index (χ0) is 20.5. The van der Waals surface area contributed by atoms with Crippen LogP contribution in [-0.4, -0.2) is 46.2 Å². The topological polar surface area (TPSA) is 56.4 Å². The zero-order valence-corrected chi connectivity index (χ0v) is 17.9. The van der Waals surface area contributed by atoms with Gasteiger partial charge in [-0.25, -0.2) is 0 Å². The van der Waals surface area contributed by atoms with Crippen LogP contribution in [0.3, 0.4) is 0 Å². The monoisotopic (exact) mass is 421 g/mol. The molecule has 156 valence electrons. The lowest BCUT2D eigenvalue weighted by Crippen LogP contribution is -2.39. The van der Waals surface area contributed by atoms with Gasteiger partial charge in [-0.3, -0.25) is 9.59 Å². The van der Waals surface area contributed by atoms with Gasteiger partial charge < -0.3 is 14.8 Å². The Kier molecular flexibility index (Phi) is 5.34. The molecule has 0 saturated carbocycles. The second kappa shape index (κ2) is 8.26. The maximum atomic E-state index is 12.8. The first-order chi connectivity index (χ1) is 14.7. The zero-order valence-electron chi connectivity index (χ0n) is 17.1. The van der Waals surface area contributed by atoms with Gasteiger partial charge in [-0.1, -0.05) is 24.3 Å². The lowest BCUT2D eigenvalue weighted by molar-refractivity contribution is -0.132. The first-order valence-electron chi connectivity index (χ1n) is 10.9. The van der Waals surface area contributed by atoms with Crippen molar-refractivity contribution in [2.45, 2.75) is 38.6 Å². The number of benzene rings is 1. The lowest BCUT2D eigenvalue weighted by atomic mass is 9.91. The van der Waals surface area contributed by atoms with Crippen LogP contribution in [0.4, 0.5) is 0 Å². The molecule has 4 heterocycles. The van der Waals surface area contributed by atoms with E-state index >= 15 is 0 Å². The van der Waals surface area contributed by atoms with Crippen LogP contribution in [0.2, 0.25) is 0 Å². The molecule has 0 atom stereocenters. The maximum absolute atomic E-state index is 12.8. The van der Waals surface area contributed by atoms with Gasteiger partial charge >= 0.3 is 0 Å². The van der Waals surface area contributed by atoms with Crippen molar-refractivity contribution >= 4 is 33.4 Å². The molecule has 6 heteroatoms. The van der Waals surface area contributed by atoms with E-state index in [-0.39, 0.29) is 11.8 Å². The molecule has 2 aliphatic rings. The van der Waals surface area contributed by atoms with Crippen molar-refractivity contribution < 1.29 is 9.59 Å². The highest BCUT2D eigenvalue weighted by molar-refractivity contribution is 7.17. The Hall–Kier alpha value is -2.60. The summed E-state index contributed by atoms with van der Waals surface area (Å²) in [5.41, 5.74) is 4.39. The number of amides is 2. The summed E-state index contributed by atoms with van der Waals surface area (Å²) in [6, 6.07) is 12.4. The summed E-state index contributed by atoms with van der Waals surface area (Å²) in [5, 5.41) is 2.03. The fraction of sp³-hybridized carbons (Fsp3) is 0.417. The van der Waals surface area contributed by atoms with E-state index in [1.54, 1.807) is 11.3 Å². The summed E-state index contributed by atoms with van der Waals surface area (Å²) in [4.78, 5) is 32.7. The number of carbonyl (C=O) groups excluding carboxylic acids is 2. The molecular formula is C24H27N3O2S. The van der Waals surface area contributed by atoms with E-state index in [2.05, 4.69) is 29.2 Å². The van der Waals surface area contributed by atoms with E-state index < -0.39 is 0 Å². The molecule has 5 nitrogen and oxygen atoms in total. The summed E-state index contributed by atoms with van der Waals surface area (Å²) >= 11 is 1.65. The molecule has 2 aromatic heterocycles. The fourth-order valence-corrected chi connectivity index (χ4v) is 5.54. The molecule has 0 aliphatic carbocycles. The third kappa shape index (κ3) is 3.88. The minimum Gasteiger partial charge on any atom is -0.350 e. The number of hydrogen-bond acceptors (Lipinski definition) is 3. The quantitative estimate of drug-likeness (QED) is 0.677. The SMILES string of the molecule is O=C(CCC1CCN(C(=O)c2cc3sccc3[nH]2)CC1)N1CCc2ccccc2C1. The Morgan fingerprint density at radius 2 is 1.83 bits per heavy atom. The number of aromatic nitrogens is 1. The Morgan fingerprint density at radius 1 is 1.03 bits per heavy atom. The average molecular weight is 422 g/mol. The van der Waals surface area contributed by atoms with Crippen LogP contribution in [0.15, 0.2) is 41.8 Å². The van der Waals surface area contributed by atoms with E-state index in [9.17, 15) is 9.59 Å². The van der Waals surface area contributed by atoms with Crippen molar-refractivity contribution in [2.75, 3.05) is 19.6 Å². The van der Waals surface area contributed by atoms with Gasteiger partial charge in [0, 0.05) is 32.6 Å². The average Bonchev–Trinajstić information content (AvgIpc) is 3.39. The third-order valence-electron chi connectivity index (χ3n) is 6.62. The smallest absolute Gasteiger partial charge is 0.270 e. The van der Waals surface area contributed by atoms with Gasteiger partial charge in [0.15, 0.2) is 0 Å². The highest BCUT2D eigenvalue weighted by Gasteiger charge is 2.26. The van der Waals surface area contributed by atoms with Crippen LogP contribution in [0, 0.1) is 5.92 Å². The summed E-state index contributed by atoms with van der Waals surface area (Å²) < 4.78 is 1.13. The maximum Gasteiger partial charge on any atom is 0.270 e. The highest BCUT2D eigenvalue weighted by atomic mass is 32.1. The van der Waals surface area contributed by atoms with Crippen molar-refractivity contribution in [1.82, 2.24) is 14.8 Å². The molecule has 0 spiro atoms. The second-order valence-corrected chi connectivity index (χ2v) is 9.44. The Balaban J connectivity index is 1.09. The third-order valence-corrected chi connectivity index (χ3v) is 7.49. The molecule has 0 unspecified atom stereocenters. The van der Waals surface area contributed by atoms with Crippen molar-refractivity contribution in [2.24, 2.45) is 5.92 Å². The number of hydrogen-bond donors (Lipinski definition) is 1.